The topological polar surface area (TPSA) is 40.5 Å². The number of fused-ring (bicyclic) bond motifs is 3. The number of halogens is 1. The van der Waals surface area contributed by atoms with Gasteiger partial charge < -0.3 is 14.0 Å². The van der Waals surface area contributed by atoms with Gasteiger partial charge in [0.1, 0.15) is 5.75 Å². The van der Waals surface area contributed by atoms with E-state index >= 15 is 0 Å². The van der Waals surface area contributed by atoms with Crippen LogP contribution in [0.3, 0.4) is 0 Å². The van der Waals surface area contributed by atoms with Crippen LogP contribution in [0.1, 0.15) is 26.0 Å². The molecule has 3 rings (SSSR count). The second kappa shape index (κ2) is 5.11. The number of ether oxygens (including phenoxy) is 2. The van der Waals surface area contributed by atoms with E-state index in [1.54, 1.807) is 13.0 Å². The number of carbonyl (C=O) groups is 1. The molecular weight excluding hydrogens is 290 g/mol. The zero-order valence-electron chi connectivity index (χ0n) is 11.9. The lowest BCUT2D eigenvalue weighted by molar-refractivity contribution is -0.147. The van der Waals surface area contributed by atoms with Gasteiger partial charge in [0.2, 0.25) is 0 Å². The molecule has 0 radical (unpaired) electrons. The first-order valence-corrected chi connectivity index (χ1v) is 7.24. The normalized spacial score (nSPS) is 19.4. The van der Waals surface area contributed by atoms with Gasteiger partial charge >= 0.3 is 5.97 Å². The largest absolute Gasteiger partial charge is 0.479 e. The standard InChI is InChI=1S/C16H16ClNO3/c1-3-20-15(19)10-16(2)14-5-4-8-18(14)12-9-11(17)6-7-13(12)21-16/h4-9H,3,10H2,1-2H3. The second-order valence-corrected chi connectivity index (χ2v) is 5.63. The minimum absolute atomic E-state index is 0.160. The van der Waals surface area contributed by atoms with Crippen LogP contribution in [-0.4, -0.2) is 17.1 Å². The van der Waals surface area contributed by atoms with Crippen LogP contribution in [0.4, 0.5) is 0 Å². The average Bonchev–Trinajstić information content (AvgIpc) is 2.90. The van der Waals surface area contributed by atoms with Gasteiger partial charge in [-0.25, -0.2) is 0 Å². The van der Waals surface area contributed by atoms with E-state index in [1.165, 1.54) is 0 Å². The molecule has 1 aromatic carbocycles. The summed E-state index contributed by atoms with van der Waals surface area (Å²) in [4.78, 5) is 11.9. The van der Waals surface area contributed by atoms with Crippen molar-refractivity contribution in [3.63, 3.8) is 0 Å². The van der Waals surface area contributed by atoms with Gasteiger partial charge in [0.25, 0.3) is 0 Å². The Kier molecular flexibility index (Phi) is 3.41. The summed E-state index contributed by atoms with van der Waals surface area (Å²) >= 11 is 6.06. The van der Waals surface area contributed by atoms with Crippen molar-refractivity contribution >= 4 is 17.6 Å². The molecular formula is C16H16ClNO3. The summed E-state index contributed by atoms with van der Waals surface area (Å²) in [7, 11) is 0. The first-order chi connectivity index (χ1) is 10.0. The van der Waals surface area contributed by atoms with E-state index in [1.807, 2.05) is 42.0 Å². The number of hydrogen-bond acceptors (Lipinski definition) is 3. The highest BCUT2D eigenvalue weighted by Gasteiger charge is 2.39. The molecule has 1 aliphatic rings. The number of benzene rings is 1. The molecule has 1 aliphatic heterocycles. The highest BCUT2D eigenvalue weighted by Crippen LogP contribution is 2.42. The maximum atomic E-state index is 11.9. The maximum absolute atomic E-state index is 11.9. The van der Waals surface area contributed by atoms with E-state index in [-0.39, 0.29) is 12.4 Å². The molecule has 110 valence electrons. The third-order valence-electron chi connectivity index (χ3n) is 3.59. The van der Waals surface area contributed by atoms with Crippen LogP contribution in [0.15, 0.2) is 36.5 Å². The van der Waals surface area contributed by atoms with E-state index in [0.717, 1.165) is 11.4 Å². The van der Waals surface area contributed by atoms with Gasteiger partial charge in [-0.05, 0) is 44.2 Å². The van der Waals surface area contributed by atoms with E-state index in [9.17, 15) is 4.79 Å². The van der Waals surface area contributed by atoms with E-state index in [0.29, 0.717) is 17.4 Å². The summed E-state index contributed by atoms with van der Waals surface area (Å²) in [5.74, 6) is 0.431. The summed E-state index contributed by atoms with van der Waals surface area (Å²) in [6.45, 7) is 4.05. The van der Waals surface area contributed by atoms with Crippen LogP contribution >= 0.6 is 11.6 Å². The van der Waals surface area contributed by atoms with Crippen molar-refractivity contribution in [2.24, 2.45) is 0 Å². The summed E-state index contributed by atoms with van der Waals surface area (Å²) in [5.41, 5.74) is 1.03. The molecule has 4 nitrogen and oxygen atoms in total. The quantitative estimate of drug-likeness (QED) is 0.812. The molecule has 0 spiro atoms. The van der Waals surface area contributed by atoms with Crippen LogP contribution in [0, 0.1) is 0 Å². The Morgan fingerprint density at radius 2 is 2.24 bits per heavy atom. The third-order valence-corrected chi connectivity index (χ3v) is 3.83. The lowest BCUT2D eigenvalue weighted by atomic mass is 9.95. The minimum Gasteiger partial charge on any atom is -0.479 e. The van der Waals surface area contributed by atoms with Crippen molar-refractivity contribution in [2.75, 3.05) is 6.61 Å². The van der Waals surface area contributed by atoms with Crippen molar-refractivity contribution in [3.8, 4) is 11.4 Å². The van der Waals surface area contributed by atoms with Crippen LogP contribution in [0.2, 0.25) is 5.02 Å². The van der Waals surface area contributed by atoms with Crippen molar-refractivity contribution in [1.82, 2.24) is 4.57 Å². The van der Waals surface area contributed by atoms with Gasteiger partial charge in [0.15, 0.2) is 5.60 Å². The zero-order chi connectivity index (χ0) is 15.0. The second-order valence-electron chi connectivity index (χ2n) is 5.19. The molecule has 1 atom stereocenters. The number of hydrogen-bond donors (Lipinski definition) is 0. The molecule has 2 heterocycles. The first-order valence-electron chi connectivity index (χ1n) is 6.86. The van der Waals surface area contributed by atoms with Gasteiger partial charge in [0.05, 0.1) is 24.4 Å². The zero-order valence-corrected chi connectivity index (χ0v) is 12.7. The molecule has 1 aromatic heterocycles. The number of aromatic nitrogens is 1. The number of rotatable bonds is 3. The Bertz CT molecular complexity index is 695. The Labute approximate surface area is 128 Å². The molecule has 0 bridgehead atoms. The van der Waals surface area contributed by atoms with Crippen molar-refractivity contribution < 1.29 is 14.3 Å². The molecule has 0 N–H and O–H groups in total. The predicted molar refractivity (Wildman–Crippen MR) is 80.0 cm³/mol. The Morgan fingerprint density at radius 3 is 3.00 bits per heavy atom. The molecule has 0 saturated heterocycles. The molecule has 2 aromatic rings. The first kappa shape index (κ1) is 14.0. The molecule has 0 fully saturated rings. The third kappa shape index (κ3) is 2.40. The molecule has 1 unspecified atom stereocenters. The van der Waals surface area contributed by atoms with Crippen LogP contribution in [-0.2, 0) is 15.1 Å². The number of carbonyl (C=O) groups excluding carboxylic acids is 1. The number of esters is 1. The summed E-state index contributed by atoms with van der Waals surface area (Å²) < 4.78 is 13.2. The SMILES string of the molecule is CCOC(=O)CC1(C)Oc2ccc(Cl)cc2-n2cccc21. The fourth-order valence-corrected chi connectivity index (χ4v) is 2.86. The van der Waals surface area contributed by atoms with Gasteiger partial charge in [-0.2, -0.15) is 0 Å². The van der Waals surface area contributed by atoms with Crippen LogP contribution < -0.4 is 4.74 Å². The van der Waals surface area contributed by atoms with Crippen molar-refractivity contribution in [1.29, 1.82) is 0 Å². The molecule has 0 amide bonds. The lowest BCUT2D eigenvalue weighted by Crippen LogP contribution is -2.38. The van der Waals surface area contributed by atoms with Gasteiger partial charge in [-0.15, -0.1) is 0 Å². The van der Waals surface area contributed by atoms with Crippen LogP contribution in [0.25, 0.3) is 5.69 Å². The Morgan fingerprint density at radius 1 is 1.43 bits per heavy atom. The van der Waals surface area contributed by atoms with Crippen molar-refractivity contribution in [2.45, 2.75) is 25.9 Å². The molecule has 0 aliphatic carbocycles. The van der Waals surface area contributed by atoms with E-state index in [4.69, 9.17) is 21.1 Å². The molecule has 0 saturated carbocycles. The van der Waals surface area contributed by atoms with Gasteiger partial charge in [0, 0.05) is 11.2 Å². The predicted octanol–water partition coefficient (Wildman–Crippen LogP) is 3.69. The maximum Gasteiger partial charge on any atom is 0.310 e. The summed E-state index contributed by atoms with van der Waals surface area (Å²) in [6, 6.07) is 9.33. The van der Waals surface area contributed by atoms with E-state index in [2.05, 4.69) is 0 Å². The molecule has 5 heteroatoms. The van der Waals surface area contributed by atoms with E-state index < -0.39 is 5.60 Å². The fourth-order valence-electron chi connectivity index (χ4n) is 2.70. The summed E-state index contributed by atoms with van der Waals surface area (Å²) in [6.07, 6.45) is 2.10. The highest BCUT2D eigenvalue weighted by molar-refractivity contribution is 6.30. The Hall–Kier alpha value is -1.94. The average molecular weight is 306 g/mol. The van der Waals surface area contributed by atoms with Crippen LogP contribution in [0.5, 0.6) is 5.75 Å². The minimum atomic E-state index is -0.753. The fraction of sp³-hybridized carbons (Fsp3) is 0.312. The lowest BCUT2D eigenvalue weighted by Gasteiger charge is -2.36. The van der Waals surface area contributed by atoms with Gasteiger partial charge in [-0.1, -0.05) is 11.6 Å². The number of nitrogens with zero attached hydrogens (tertiary/aromatic N) is 1. The Balaban J connectivity index is 2.04. The monoisotopic (exact) mass is 305 g/mol. The van der Waals surface area contributed by atoms with Gasteiger partial charge in [-0.3, -0.25) is 4.79 Å². The highest BCUT2D eigenvalue weighted by atomic mass is 35.5. The van der Waals surface area contributed by atoms with Crippen molar-refractivity contribution in [3.05, 3.63) is 47.2 Å². The summed E-state index contributed by atoms with van der Waals surface area (Å²) in [5, 5.41) is 0.644. The molecule has 21 heavy (non-hydrogen) atoms. The smallest absolute Gasteiger partial charge is 0.310 e.